The standard InChI is InChI=1S/2C14H21O4P.C8H17O4P/c1-14(2,3)13(15)17-10-11-6-8-12(9-7-11)18-19(4,5)16;1-14(2,3)13(15)17-10-11-8-6-7-9-12(11)18-19(4,5)16;1-8(2,3)7(9)11-6-12-13(4,5)10/h2*6-9H,10H2,1-5H3;6H2,1-5H3. The molecule has 0 unspecified atom stereocenters. The highest BCUT2D eigenvalue weighted by molar-refractivity contribution is 7.58. The molecule has 0 saturated carbocycles. The molecule has 0 radical (unpaired) electrons. The van der Waals surface area contributed by atoms with Gasteiger partial charge >= 0.3 is 17.9 Å². The van der Waals surface area contributed by atoms with Crippen molar-refractivity contribution in [3.63, 3.8) is 0 Å². The molecular weight excluding hydrogens is 717 g/mol. The van der Waals surface area contributed by atoms with E-state index in [-0.39, 0.29) is 37.9 Å². The Morgan fingerprint density at radius 1 is 0.529 bits per heavy atom. The zero-order chi connectivity index (χ0) is 40.1. The summed E-state index contributed by atoms with van der Waals surface area (Å²) in [5.41, 5.74) is -0.00810. The van der Waals surface area contributed by atoms with Gasteiger partial charge in [-0.2, -0.15) is 0 Å². The minimum atomic E-state index is -2.63. The smallest absolute Gasteiger partial charge is 0.313 e. The molecule has 0 atom stereocenters. The minimum Gasteiger partial charge on any atom is -0.460 e. The summed E-state index contributed by atoms with van der Waals surface area (Å²) in [4.78, 5) is 34.5. The minimum absolute atomic E-state index is 0.117. The molecule has 2 rings (SSSR count). The van der Waals surface area contributed by atoms with Gasteiger partial charge in [-0.05, 0) is 86.1 Å². The van der Waals surface area contributed by atoms with Crippen molar-refractivity contribution in [2.75, 3.05) is 46.8 Å². The van der Waals surface area contributed by atoms with Crippen LogP contribution in [-0.2, 0) is 60.0 Å². The van der Waals surface area contributed by atoms with Crippen LogP contribution in [0, 0.1) is 16.2 Å². The first-order valence-corrected chi connectivity index (χ1v) is 23.7. The quantitative estimate of drug-likeness (QED) is 0.0923. The summed E-state index contributed by atoms with van der Waals surface area (Å²) in [5.74, 6) is 0.177. The van der Waals surface area contributed by atoms with E-state index >= 15 is 0 Å². The van der Waals surface area contributed by atoms with Crippen LogP contribution in [0.2, 0.25) is 0 Å². The number of esters is 3. The van der Waals surface area contributed by atoms with Gasteiger partial charge in [-0.15, -0.1) is 0 Å². The molecule has 0 aliphatic rings. The second-order valence-electron chi connectivity index (χ2n) is 15.8. The maximum absolute atomic E-state index is 11.7. The van der Waals surface area contributed by atoms with Gasteiger partial charge in [-0.1, -0.05) is 30.3 Å². The van der Waals surface area contributed by atoms with Crippen LogP contribution in [0.25, 0.3) is 0 Å². The zero-order valence-corrected chi connectivity index (χ0v) is 35.7. The predicted octanol–water partition coefficient (Wildman–Crippen LogP) is 9.47. The van der Waals surface area contributed by atoms with Gasteiger partial charge in [-0.3, -0.25) is 32.6 Å². The SMILES string of the molecule is CC(C)(C)C(=O)OCOP(C)(C)=O.CC(C)(C)C(=O)OCc1ccc(OP(C)(C)=O)cc1.CC(C)(C)C(=O)OCc1ccccc1OP(C)(C)=O. The van der Waals surface area contributed by atoms with Gasteiger partial charge in [0.05, 0.1) is 16.2 Å². The lowest BCUT2D eigenvalue weighted by Gasteiger charge is -2.18. The summed E-state index contributed by atoms with van der Waals surface area (Å²) in [7, 11) is -7.73. The number of carbonyl (C=O) groups excluding carboxylic acids is 3. The highest BCUT2D eigenvalue weighted by Crippen LogP contribution is 2.41. The van der Waals surface area contributed by atoms with Gasteiger partial charge in [0.25, 0.3) is 0 Å². The van der Waals surface area contributed by atoms with Crippen molar-refractivity contribution in [3.8, 4) is 11.5 Å². The molecule has 0 spiro atoms. The van der Waals surface area contributed by atoms with Crippen LogP contribution in [0.15, 0.2) is 48.5 Å². The summed E-state index contributed by atoms with van der Waals surface area (Å²) < 4.78 is 64.9. The monoisotopic (exact) mass is 776 g/mol. The van der Waals surface area contributed by atoms with Crippen molar-refractivity contribution in [3.05, 3.63) is 59.7 Å². The summed E-state index contributed by atoms with van der Waals surface area (Å²) in [6.07, 6.45) is 0. The van der Waals surface area contributed by atoms with E-state index in [4.69, 9.17) is 27.8 Å². The van der Waals surface area contributed by atoms with E-state index in [1.54, 1.807) is 111 Å². The topological polar surface area (TPSA) is 158 Å². The van der Waals surface area contributed by atoms with E-state index in [2.05, 4.69) is 0 Å². The molecule has 0 bridgehead atoms. The third-order valence-corrected chi connectivity index (χ3v) is 7.67. The van der Waals surface area contributed by atoms with Gasteiger partial charge in [0, 0.05) is 45.6 Å². The molecule has 2 aromatic rings. The van der Waals surface area contributed by atoms with E-state index < -0.39 is 38.4 Å². The highest BCUT2D eigenvalue weighted by Gasteiger charge is 2.25. The molecule has 290 valence electrons. The van der Waals surface area contributed by atoms with Crippen LogP contribution in [-0.4, -0.2) is 64.7 Å². The Balaban J connectivity index is 0.000000752. The molecule has 0 aromatic heterocycles. The third-order valence-electron chi connectivity index (χ3n) is 5.66. The fourth-order valence-corrected chi connectivity index (χ4v) is 4.59. The van der Waals surface area contributed by atoms with E-state index in [9.17, 15) is 28.1 Å². The molecule has 0 saturated heterocycles. The highest BCUT2D eigenvalue weighted by atomic mass is 31.2. The molecule has 51 heavy (non-hydrogen) atoms. The average Bonchev–Trinajstić information content (AvgIpc) is 2.93. The lowest BCUT2D eigenvalue weighted by Crippen LogP contribution is -2.23. The number of ether oxygens (including phenoxy) is 3. The molecule has 0 heterocycles. The Hall–Kier alpha value is -2.90. The molecule has 0 aliphatic heterocycles. The number of rotatable bonds is 11. The number of benzene rings is 2. The van der Waals surface area contributed by atoms with Crippen LogP contribution in [0.1, 0.15) is 73.4 Å². The number of carbonyl (C=O) groups is 3. The second-order valence-corrected chi connectivity index (χ2v) is 23.9. The van der Waals surface area contributed by atoms with Gasteiger partial charge in [0.2, 0.25) is 14.7 Å². The Morgan fingerprint density at radius 2 is 0.941 bits per heavy atom. The first kappa shape index (κ1) is 48.1. The molecule has 12 nitrogen and oxygen atoms in total. The lowest BCUT2D eigenvalue weighted by atomic mass is 9.97. The largest absolute Gasteiger partial charge is 0.460 e. The number of hydrogen-bond acceptors (Lipinski definition) is 12. The molecule has 15 heteroatoms. The molecule has 2 aromatic carbocycles. The summed E-state index contributed by atoms with van der Waals surface area (Å²) >= 11 is 0. The number of hydrogen-bond donors (Lipinski definition) is 0. The van der Waals surface area contributed by atoms with Crippen molar-refractivity contribution < 1.29 is 55.9 Å². The van der Waals surface area contributed by atoms with Gasteiger partial charge in [-0.25, -0.2) is 0 Å². The molecule has 0 fully saturated rings. The molecular formula is C36H59O12P3. The first-order valence-electron chi connectivity index (χ1n) is 16.2. The first-order chi connectivity index (χ1) is 22.8. The molecule has 0 N–H and O–H groups in total. The van der Waals surface area contributed by atoms with E-state index in [1.807, 2.05) is 26.8 Å². The van der Waals surface area contributed by atoms with Crippen molar-refractivity contribution in [2.24, 2.45) is 16.2 Å². The normalized spacial score (nSPS) is 12.2. The van der Waals surface area contributed by atoms with E-state index in [1.165, 1.54) is 13.3 Å². The summed E-state index contributed by atoms with van der Waals surface area (Å²) in [6, 6.07) is 14.2. The molecule has 0 aliphatic carbocycles. The summed E-state index contributed by atoms with van der Waals surface area (Å²) in [6.45, 7) is 25.3. The van der Waals surface area contributed by atoms with Crippen molar-refractivity contribution >= 4 is 40.0 Å². The van der Waals surface area contributed by atoms with Crippen LogP contribution in [0.3, 0.4) is 0 Å². The van der Waals surface area contributed by atoms with E-state index in [0.717, 1.165) is 5.56 Å². The van der Waals surface area contributed by atoms with Crippen molar-refractivity contribution in [1.29, 1.82) is 0 Å². The fraction of sp³-hybridized carbons (Fsp3) is 0.583. The van der Waals surface area contributed by atoms with Crippen molar-refractivity contribution in [2.45, 2.75) is 75.5 Å². The van der Waals surface area contributed by atoms with Crippen LogP contribution in [0.5, 0.6) is 11.5 Å². The van der Waals surface area contributed by atoms with E-state index in [0.29, 0.717) is 17.1 Å². The Labute approximate surface area is 305 Å². The van der Waals surface area contributed by atoms with Crippen LogP contribution >= 0.6 is 22.1 Å². The Bertz CT molecular complexity index is 1560. The van der Waals surface area contributed by atoms with Crippen molar-refractivity contribution in [1.82, 2.24) is 0 Å². The summed E-state index contributed by atoms with van der Waals surface area (Å²) in [5, 5.41) is 0. The van der Waals surface area contributed by atoms with Gasteiger partial charge < -0.3 is 23.3 Å². The Kier molecular flexibility index (Phi) is 18.7. The van der Waals surface area contributed by atoms with Crippen LogP contribution in [0.4, 0.5) is 0 Å². The second kappa shape index (κ2) is 19.8. The zero-order valence-electron chi connectivity index (χ0n) is 33.0. The Morgan fingerprint density at radius 3 is 1.35 bits per heavy atom. The number of para-hydroxylation sites is 1. The fourth-order valence-electron chi connectivity index (χ4n) is 3.00. The van der Waals surface area contributed by atoms with Gasteiger partial charge in [0.15, 0.2) is 14.2 Å². The maximum Gasteiger partial charge on any atom is 0.313 e. The molecule has 0 amide bonds. The predicted molar refractivity (Wildman–Crippen MR) is 203 cm³/mol. The van der Waals surface area contributed by atoms with Gasteiger partial charge in [0.1, 0.15) is 24.7 Å². The average molecular weight is 777 g/mol. The van der Waals surface area contributed by atoms with Crippen LogP contribution < -0.4 is 9.05 Å². The third kappa shape index (κ3) is 24.1. The lowest BCUT2D eigenvalue weighted by molar-refractivity contribution is -0.159. The maximum atomic E-state index is 11.7.